The van der Waals surface area contributed by atoms with Gasteiger partial charge in [0, 0.05) is 24.7 Å². The van der Waals surface area contributed by atoms with Crippen molar-refractivity contribution in [3.63, 3.8) is 0 Å². The Bertz CT molecular complexity index is 805. The molecule has 0 radical (unpaired) electrons. The van der Waals surface area contributed by atoms with Crippen LogP contribution in [0.25, 0.3) is 0 Å². The molecule has 0 amide bonds. The fourth-order valence-electron chi connectivity index (χ4n) is 2.64. The normalized spacial score (nSPS) is 16.8. The van der Waals surface area contributed by atoms with E-state index in [0.29, 0.717) is 11.6 Å². The van der Waals surface area contributed by atoms with Gasteiger partial charge < -0.3 is 15.5 Å². The summed E-state index contributed by atoms with van der Waals surface area (Å²) in [5, 5.41) is 23.4. The molecule has 4 N–H and O–H groups in total. The van der Waals surface area contributed by atoms with Gasteiger partial charge in [-0.2, -0.15) is 0 Å². The number of benzene rings is 2. The number of anilines is 1. The molecule has 0 heterocycles. The Morgan fingerprint density at radius 2 is 1.65 bits per heavy atom. The Labute approximate surface area is 153 Å². The topological polar surface area (TPSA) is 98.7 Å². The van der Waals surface area contributed by atoms with Crippen LogP contribution in [0.2, 0.25) is 0 Å². The van der Waals surface area contributed by atoms with Gasteiger partial charge in [0.1, 0.15) is 0 Å². The van der Waals surface area contributed by atoms with Crippen LogP contribution < -0.4 is 10.0 Å². The van der Waals surface area contributed by atoms with Crippen LogP contribution in [0.15, 0.2) is 59.5 Å². The summed E-state index contributed by atoms with van der Waals surface area (Å²) in [5.41, 5.74) is 1.59. The number of nitrogens with one attached hydrogen (secondary N) is 2. The minimum Gasteiger partial charge on any atom is -0.392 e. The predicted molar refractivity (Wildman–Crippen MR) is 100 cm³/mol. The zero-order valence-electron chi connectivity index (χ0n) is 14.4. The van der Waals surface area contributed by atoms with Gasteiger partial charge in [-0.3, -0.25) is 0 Å². The summed E-state index contributed by atoms with van der Waals surface area (Å²) in [6.07, 6.45) is 0.513. The Kier molecular flexibility index (Phi) is 5.93. The van der Waals surface area contributed by atoms with Crippen molar-refractivity contribution in [2.24, 2.45) is 0 Å². The second kappa shape index (κ2) is 8.18. The monoisotopic (exact) mass is 376 g/mol. The maximum Gasteiger partial charge on any atom is 0.240 e. The minimum atomic E-state index is -3.70. The zero-order chi connectivity index (χ0) is 18.6. The summed E-state index contributed by atoms with van der Waals surface area (Å²) in [6, 6.07) is 16.0. The average Bonchev–Trinajstić information content (AvgIpc) is 3.45. The molecular weight excluding hydrogens is 352 g/mol. The predicted octanol–water partition coefficient (Wildman–Crippen LogP) is 2.02. The van der Waals surface area contributed by atoms with E-state index < -0.39 is 22.2 Å². The fourth-order valence-corrected chi connectivity index (χ4v) is 3.71. The second-order valence-electron chi connectivity index (χ2n) is 6.61. The van der Waals surface area contributed by atoms with E-state index >= 15 is 0 Å². The summed E-state index contributed by atoms with van der Waals surface area (Å²) < 4.78 is 27.1. The van der Waals surface area contributed by atoms with E-state index in [1.807, 2.05) is 6.07 Å². The van der Waals surface area contributed by atoms with Crippen LogP contribution in [-0.4, -0.2) is 37.3 Å². The maximum absolute atomic E-state index is 12.3. The van der Waals surface area contributed by atoms with Crippen molar-refractivity contribution in [3.05, 3.63) is 60.2 Å². The molecule has 0 aliphatic heterocycles. The van der Waals surface area contributed by atoms with Crippen LogP contribution in [0.5, 0.6) is 0 Å². The standard InChI is InChI=1S/C19H24N2O4S/c22-17(12-19(23)14-4-2-1-3-5-14)13-20-26(24,25)18-10-8-16(9-11-18)21-15-6-7-15/h1-5,8-11,15,17,19-23H,6-7,12-13H2/t17-,19?/m1/s1. The third kappa shape index (κ3) is 5.28. The molecule has 1 saturated carbocycles. The molecule has 1 unspecified atom stereocenters. The van der Waals surface area contributed by atoms with Crippen LogP contribution in [0.1, 0.15) is 30.9 Å². The molecule has 2 atom stereocenters. The second-order valence-corrected chi connectivity index (χ2v) is 8.38. The highest BCUT2D eigenvalue weighted by Gasteiger charge is 2.21. The summed E-state index contributed by atoms with van der Waals surface area (Å²) in [4.78, 5) is 0.148. The molecule has 0 bridgehead atoms. The smallest absolute Gasteiger partial charge is 0.240 e. The molecule has 2 aromatic rings. The first-order chi connectivity index (χ1) is 12.4. The van der Waals surface area contributed by atoms with E-state index in [4.69, 9.17) is 0 Å². The van der Waals surface area contributed by atoms with Gasteiger partial charge >= 0.3 is 0 Å². The average molecular weight is 376 g/mol. The molecule has 1 aliphatic rings. The third-order valence-electron chi connectivity index (χ3n) is 4.30. The van der Waals surface area contributed by atoms with E-state index in [0.717, 1.165) is 18.5 Å². The highest BCUT2D eigenvalue weighted by molar-refractivity contribution is 7.89. The lowest BCUT2D eigenvalue weighted by molar-refractivity contribution is 0.0831. The molecule has 2 aromatic carbocycles. The van der Waals surface area contributed by atoms with Crippen molar-refractivity contribution in [1.29, 1.82) is 0 Å². The number of sulfonamides is 1. The van der Waals surface area contributed by atoms with Gasteiger partial charge in [-0.15, -0.1) is 0 Å². The van der Waals surface area contributed by atoms with E-state index in [1.165, 1.54) is 12.1 Å². The Balaban J connectivity index is 1.52. The lowest BCUT2D eigenvalue weighted by Crippen LogP contribution is -2.33. The van der Waals surface area contributed by atoms with Gasteiger partial charge in [0.2, 0.25) is 10.0 Å². The summed E-state index contributed by atoms with van der Waals surface area (Å²) in [5.74, 6) is 0. The lowest BCUT2D eigenvalue weighted by Gasteiger charge is -2.17. The molecule has 26 heavy (non-hydrogen) atoms. The van der Waals surface area contributed by atoms with Gasteiger partial charge in [0.15, 0.2) is 0 Å². The van der Waals surface area contributed by atoms with Gasteiger partial charge in [0.05, 0.1) is 17.1 Å². The molecular formula is C19H24N2O4S. The van der Waals surface area contributed by atoms with E-state index in [-0.39, 0.29) is 17.9 Å². The van der Waals surface area contributed by atoms with Crippen molar-refractivity contribution in [2.75, 3.05) is 11.9 Å². The summed E-state index contributed by atoms with van der Waals surface area (Å²) >= 11 is 0. The van der Waals surface area contributed by atoms with E-state index in [1.54, 1.807) is 36.4 Å². The first-order valence-electron chi connectivity index (χ1n) is 8.71. The number of hydrogen-bond acceptors (Lipinski definition) is 5. The van der Waals surface area contributed by atoms with Crippen molar-refractivity contribution < 1.29 is 18.6 Å². The number of hydrogen-bond donors (Lipinski definition) is 4. The van der Waals surface area contributed by atoms with Gasteiger partial charge in [-0.05, 0) is 42.7 Å². The van der Waals surface area contributed by atoms with Crippen LogP contribution in [0, 0.1) is 0 Å². The Morgan fingerprint density at radius 1 is 1.00 bits per heavy atom. The van der Waals surface area contributed by atoms with Gasteiger partial charge in [-0.25, -0.2) is 13.1 Å². The summed E-state index contributed by atoms with van der Waals surface area (Å²) in [6.45, 7) is -0.158. The van der Waals surface area contributed by atoms with E-state index in [9.17, 15) is 18.6 Å². The van der Waals surface area contributed by atoms with Crippen LogP contribution in [0.4, 0.5) is 5.69 Å². The van der Waals surface area contributed by atoms with Gasteiger partial charge in [-0.1, -0.05) is 30.3 Å². The molecule has 6 nitrogen and oxygen atoms in total. The Hall–Kier alpha value is -1.93. The molecule has 0 aromatic heterocycles. The maximum atomic E-state index is 12.3. The van der Waals surface area contributed by atoms with Crippen molar-refractivity contribution in [3.8, 4) is 0 Å². The number of aliphatic hydroxyl groups is 2. The zero-order valence-corrected chi connectivity index (χ0v) is 15.2. The van der Waals surface area contributed by atoms with Crippen molar-refractivity contribution in [2.45, 2.75) is 42.4 Å². The number of aliphatic hydroxyl groups excluding tert-OH is 2. The molecule has 0 saturated heterocycles. The molecule has 1 aliphatic carbocycles. The molecule has 0 spiro atoms. The molecule has 1 fully saturated rings. The number of rotatable bonds is 9. The third-order valence-corrected chi connectivity index (χ3v) is 5.74. The Morgan fingerprint density at radius 3 is 2.27 bits per heavy atom. The van der Waals surface area contributed by atoms with Crippen LogP contribution in [-0.2, 0) is 10.0 Å². The quantitative estimate of drug-likeness (QED) is 0.537. The van der Waals surface area contributed by atoms with Crippen molar-refractivity contribution >= 4 is 15.7 Å². The first-order valence-corrected chi connectivity index (χ1v) is 10.2. The fraction of sp³-hybridized carbons (Fsp3) is 0.368. The first kappa shape index (κ1) is 18.8. The van der Waals surface area contributed by atoms with Crippen molar-refractivity contribution in [1.82, 2.24) is 4.72 Å². The molecule has 7 heteroatoms. The summed E-state index contributed by atoms with van der Waals surface area (Å²) in [7, 11) is -3.70. The van der Waals surface area contributed by atoms with Crippen LogP contribution in [0.3, 0.4) is 0 Å². The SMILES string of the molecule is O=S(=O)(NC[C@H](O)CC(O)c1ccccc1)c1ccc(NC2CC2)cc1. The highest BCUT2D eigenvalue weighted by atomic mass is 32.2. The lowest BCUT2D eigenvalue weighted by atomic mass is 10.0. The largest absolute Gasteiger partial charge is 0.392 e. The molecule has 3 rings (SSSR count). The molecule has 140 valence electrons. The van der Waals surface area contributed by atoms with Crippen LogP contribution >= 0.6 is 0 Å². The van der Waals surface area contributed by atoms with E-state index in [2.05, 4.69) is 10.0 Å². The highest BCUT2D eigenvalue weighted by Crippen LogP contribution is 2.25. The minimum absolute atomic E-state index is 0.0524. The van der Waals surface area contributed by atoms with Gasteiger partial charge in [0.25, 0.3) is 0 Å².